The average molecular weight is 371 g/mol. The molecule has 0 bridgehead atoms. The van der Waals surface area contributed by atoms with Gasteiger partial charge in [-0.15, -0.1) is 0 Å². The normalized spacial score (nSPS) is 12.4. The van der Waals surface area contributed by atoms with Crippen molar-refractivity contribution in [1.29, 1.82) is 0 Å². The summed E-state index contributed by atoms with van der Waals surface area (Å²) >= 11 is 0. The van der Waals surface area contributed by atoms with E-state index in [2.05, 4.69) is 12.2 Å². The molecule has 0 fully saturated rings. The lowest BCUT2D eigenvalue weighted by atomic mass is 9.96. The van der Waals surface area contributed by atoms with Crippen molar-refractivity contribution in [2.75, 3.05) is 19.7 Å². The predicted molar refractivity (Wildman–Crippen MR) is 112 cm³/mol. The molecule has 0 spiro atoms. The smallest absolute Gasteiger partial charge is 0.220 e. The van der Waals surface area contributed by atoms with Crippen molar-refractivity contribution in [2.24, 2.45) is 11.7 Å². The van der Waals surface area contributed by atoms with Gasteiger partial charge in [0.25, 0.3) is 0 Å². The van der Waals surface area contributed by atoms with Crippen LogP contribution >= 0.6 is 0 Å². The van der Waals surface area contributed by atoms with Gasteiger partial charge in [-0.05, 0) is 19.4 Å². The van der Waals surface area contributed by atoms with Gasteiger partial charge in [0.2, 0.25) is 5.91 Å². The zero-order valence-electron chi connectivity index (χ0n) is 17.4. The number of carbonyl (C=O) groups excluding carboxylic acids is 1. The number of hydrogen-bond donors (Lipinski definition) is 3. The quantitative estimate of drug-likeness (QED) is 0.251. The third kappa shape index (κ3) is 18.2. The highest BCUT2D eigenvalue weighted by Gasteiger charge is 2.14. The molecule has 4 N–H and O–H groups in total. The first-order valence-electron chi connectivity index (χ1n) is 11.3. The second-order valence-electron chi connectivity index (χ2n) is 7.75. The first-order chi connectivity index (χ1) is 12.7. The molecule has 0 aromatic carbocycles. The molecule has 0 aliphatic rings. The van der Waals surface area contributed by atoms with Gasteiger partial charge in [0.1, 0.15) is 0 Å². The lowest BCUT2D eigenvalue weighted by Crippen LogP contribution is -2.28. The number of aliphatic hydroxyl groups excluding tert-OH is 1. The molecule has 0 radical (unpaired) electrons. The Kier molecular flexibility index (Phi) is 20.2. The molecule has 26 heavy (non-hydrogen) atoms. The van der Waals surface area contributed by atoms with Gasteiger partial charge < -0.3 is 16.2 Å². The maximum absolute atomic E-state index is 11.5. The number of primary amides is 1. The largest absolute Gasteiger partial charge is 0.395 e. The van der Waals surface area contributed by atoms with Crippen LogP contribution < -0.4 is 11.1 Å². The summed E-state index contributed by atoms with van der Waals surface area (Å²) in [6.07, 6.45) is 20.6. The minimum atomic E-state index is -0.175. The number of carbonyl (C=O) groups is 1. The molecule has 4 nitrogen and oxygen atoms in total. The van der Waals surface area contributed by atoms with Crippen LogP contribution in [0.1, 0.15) is 110 Å². The number of hydrogen-bond acceptors (Lipinski definition) is 3. The van der Waals surface area contributed by atoms with E-state index in [-0.39, 0.29) is 18.4 Å². The molecule has 0 saturated carbocycles. The number of unbranched alkanes of at least 4 members (excludes halogenated alkanes) is 13. The van der Waals surface area contributed by atoms with Crippen LogP contribution in [0.4, 0.5) is 0 Å². The molecule has 156 valence electrons. The molecule has 0 aromatic rings. The minimum Gasteiger partial charge on any atom is -0.395 e. The third-order valence-corrected chi connectivity index (χ3v) is 5.27. The van der Waals surface area contributed by atoms with Gasteiger partial charge in [0, 0.05) is 12.5 Å². The molecule has 0 rings (SSSR count). The molecule has 0 aliphatic heterocycles. The molecule has 1 atom stereocenters. The van der Waals surface area contributed by atoms with Gasteiger partial charge in [-0.25, -0.2) is 0 Å². The Labute approximate surface area is 162 Å². The minimum absolute atomic E-state index is 0.0153. The van der Waals surface area contributed by atoms with E-state index < -0.39 is 0 Å². The van der Waals surface area contributed by atoms with Crippen LogP contribution in [-0.4, -0.2) is 30.7 Å². The highest BCUT2D eigenvalue weighted by molar-refractivity contribution is 5.76. The summed E-state index contributed by atoms with van der Waals surface area (Å²) in [5.74, 6) is -0.191. The Morgan fingerprint density at radius 3 is 1.65 bits per heavy atom. The summed E-state index contributed by atoms with van der Waals surface area (Å²) in [4.78, 5) is 11.5. The fraction of sp³-hybridized carbons (Fsp3) is 0.955. The highest BCUT2D eigenvalue weighted by atomic mass is 16.3. The Bertz CT molecular complexity index is 298. The first-order valence-corrected chi connectivity index (χ1v) is 11.3. The van der Waals surface area contributed by atoms with E-state index in [1.807, 2.05) is 0 Å². The molecule has 4 heteroatoms. The number of aliphatic hydroxyl groups is 1. The van der Waals surface area contributed by atoms with Crippen molar-refractivity contribution in [3.63, 3.8) is 0 Å². The van der Waals surface area contributed by atoms with Crippen LogP contribution in [0.25, 0.3) is 0 Å². The maximum Gasteiger partial charge on any atom is 0.220 e. The Hall–Kier alpha value is -0.610. The zero-order valence-corrected chi connectivity index (χ0v) is 17.4. The summed E-state index contributed by atoms with van der Waals surface area (Å²) in [6.45, 7) is 3.76. The molecule has 1 unspecified atom stereocenters. The van der Waals surface area contributed by atoms with E-state index in [1.165, 1.54) is 83.5 Å². The summed E-state index contributed by atoms with van der Waals surface area (Å²) in [7, 11) is 0. The Balaban J connectivity index is 3.33. The van der Waals surface area contributed by atoms with E-state index in [9.17, 15) is 4.79 Å². The standard InChI is InChI=1S/C22H46N2O2/c1-2-3-4-5-6-7-8-9-10-11-12-13-14-15-16-21(22(23)26)17-18-24-19-20-25/h21,24-25H,2-20H2,1H3,(H2,23,26). The van der Waals surface area contributed by atoms with E-state index >= 15 is 0 Å². The van der Waals surface area contributed by atoms with E-state index in [0.717, 1.165) is 25.8 Å². The number of rotatable bonds is 21. The van der Waals surface area contributed by atoms with Crippen molar-refractivity contribution in [3.8, 4) is 0 Å². The van der Waals surface area contributed by atoms with Gasteiger partial charge in [-0.3, -0.25) is 4.79 Å². The summed E-state index contributed by atoms with van der Waals surface area (Å²) in [5.41, 5.74) is 5.49. The van der Waals surface area contributed by atoms with Crippen LogP contribution in [0.5, 0.6) is 0 Å². The third-order valence-electron chi connectivity index (χ3n) is 5.27. The number of amides is 1. The lowest BCUT2D eigenvalue weighted by Gasteiger charge is -2.13. The Morgan fingerprint density at radius 2 is 1.23 bits per heavy atom. The highest BCUT2D eigenvalue weighted by Crippen LogP contribution is 2.16. The first kappa shape index (κ1) is 25.4. The number of nitrogens with one attached hydrogen (secondary N) is 1. The molecule has 1 amide bonds. The molecule has 0 aliphatic carbocycles. The van der Waals surface area contributed by atoms with Crippen molar-refractivity contribution >= 4 is 5.91 Å². The Morgan fingerprint density at radius 1 is 0.769 bits per heavy atom. The fourth-order valence-electron chi connectivity index (χ4n) is 3.49. The van der Waals surface area contributed by atoms with Crippen LogP contribution in [-0.2, 0) is 4.79 Å². The molecule has 0 aromatic heterocycles. The zero-order chi connectivity index (χ0) is 19.3. The van der Waals surface area contributed by atoms with Gasteiger partial charge >= 0.3 is 0 Å². The van der Waals surface area contributed by atoms with E-state index in [4.69, 9.17) is 10.8 Å². The predicted octanol–water partition coefficient (Wildman–Crippen LogP) is 4.93. The summed E-state index contributed by atoms with van der Waals surface area (Å²) in [6, 6.07) is 0. The maximum atomic E-state index is 11.5. The SMILES string of the molecule is CCCCCCCCCCCCCCCCC(CCNCCO)C(N)=O. The van der Waals surface area contributed by atoms with Crippen molar-refractivity contribution < 1.29 is 9.90 Å². The van der Waals surface area contributed by atoms with Crippen LogP contribution in [0.15, 0.2) is 0 Å². The molecule has 0 heterocycles. The van der Waals surface area contributed by atoms with Crippen LogP contribution in [0.2, 0.25) is 0 Å². The van der Waals surface area contributed by atoms with Gasteiger partial charge in [0.05, 0.1) is 6.61 Å². The fourth-order valence-corrected chi connectivity index (χ4v) is 3.49. The second kappa shape index (κ2) is 20.7. The van der Waals surface area contributed by atoms with Crippen molar-refractivity contribution in [3.05, 3.63) is 0 Å². The topological polar surface area (TPSA) is 75.3 Å². The van der Waals surface area contributed by atoms with Crippen LogP contribution in [0, 0.1) is 5.92 Å². The molecular weight excluding hydrogens is 324 g/mol. The van der Waals surface area contributed by atoms with Gasteiger partial charge in [0.15, 0.2) is 0 Å². The number of nitrogens with two attached hydrogens (primary N) is 1. The summed E-state index contributed by atoms with van der Waals surface area (Å²) in [5, 5.41) is 11.8. The van der Waals surface area contributed by atoms with E-state index in [1.54, 1.807) is 0 Å². The van der Waals surface area contributed by atoms with Gasteiger partial charge in [-0.2, -0.15) is 0 Å². The van der Waals surface area contributed by atoms with Crippen LogP contribution in [0.3, 0.4) is 0 Å². The van der Waals surface area contributed by atoms with Crippen molar-refractivity contribution in [1.82, 2.24) is 5.32 Å². The molecular formula is C22H46N2O2. The van der Waals surface area contributed by atoms with Crippen molar-refractivity contribution in [2.45, 2.75) is 110 Å². The lowest BCUT2D eigenvalue weighted by molar-refractivity contribution is -0.122. The average Bonchev–Trinajstić information content (AvgIpc) is 2.63. The van der Waals surface area contributed by atoms with Gasteiger partial charge in [-0.1, -0.05) is 96.8 Å². The molecule has 0 saturated heterocycles. The summed E-state index contributed by atoms with van der Waals surface area (Å²) < 4.78 is 0. The van der Waals surface area contributed by atoms with E-state index in [0.29, 0.717) is 6.54 Å². The monoisotopic (exact) mass is 370 g/mol. The second-order valence-corrected chi connectivity index (χ2v) is 7.75.